The first-order chi connectivity index (χ1) is 12.9. The average Bonchev–Trinajstić information content (AvgIpc) is 2.97. The number of nitrogens with zero attached hydrogens (tertiary/aromatic N) is 4. The lowest BCUT2D eigenvalue weighted by Crippen LogP contribution is -2.46. The molecule has 2 aliphatic heterocycles. The molecule has 156 valence electrons. The van der Waals surface area contributed by atoms with E-state index in [-0.39, 0.29) is 17.3 Å². The van der Waals surface area contributed by atoms with Crippen molar-refractivity contribution < 1.29 is 27.1 Å². The molecule has 0 N–H and O–H groups in total. The van der Waals surface area contributed by atoms with E-state index in [1.54, 1.807) is 9.80 Å². The van der Waals surface area contributed by atoms with Gasteiger partial charge in [-0.05, 0) is 45.4 Å². The molecule has 6 nitrogen and oxygen atoms in total. The van der Waals surface area contributed by atoms with Gasteiger partial charge in [-0.15, -0.1) is 0 Å². The van der Waals surface area contributed by atoms with Gasteiger partial charge in [0.15, 0.2) is 0 Å². The molecule has 0 aliphatic carbocycles. The van der Waals surface area contributed by atoms with Crippen LogP contribution >= 0.6 is 0 Å². The highest BCUT2D eigenvalue weighted by Crippen LogP contribution is 2.42. The van der Waals surface area contributed by atoms with Crippen LogP contribution < -0.4 is 4.90 Å². The van der Waals surface area contributed by atoms with E-state index >= 15 is 0 Å². The van der Waals surface area contributed by atoms with Crippen LogP contribution in [0.4, 0.5) is 28.2 Å². The predicted molar refractivity (Wildman–Crippen MR) is 93.3 cm³/mol. The van der Waals surface area contributed by atoms with Crippen molar-refractivity contribution in [3.63, 3.8) is 0 Å². The molecule has 28 heavy (non-hydrogen) atoms. The monoisotopic (exact) mass is 404 g/mol. The normalized spacial score (nSPS) is 20.0. The Balaban J connectivity index is 1.64. The number of hydrogen-bond acceptors (Lipinski definition) is 5. The van der Waals surface area contributed by atoms with Crippen molar-refractivity contribution in [2.75, 3.05) is 31.1 Å². The van der Waals surface area contributed by atoms with Crippen LogP contribution in [0.1, 0.15) is 45.7 Å². The molecule has 0 aromatic carbocycles. The minimum Gasteiger partial charge on any atom is -0.444 e. The van der Waals surface area contributed by atoms with Gasteiger partial charge in [-0.3, -0.25) is 0 Å². The second-order valence-electron chi connectivity index (χ2n) is 8.50. The molecule has 3 heterocycles. The number of amides is 1. The van der Waals surface area contributed by atoms with Gasteiger partial charge < -0.3 is 14.5 Å². The number of aromatic nitrogens is 2. The summed E-state index contributed by atoms with van der Waals surface area (Å²) in [5, 5.41) is 0. The maximum absolute atomic E-state index is 13.4. The summed E-state index contributed by atoms with van der Waals surface area (Å²) in [4.78, 5) is 22.3. The van der Waals surface area contributed by atoms with Gasteiger partial charge in [0.25, 0.3) is 0 Å². The Bertz CT molecular complexity index is 740. The molecule has 2 fully saturated rings. The maximum Gasteiger partial charge on any atom is 0.438 e. The van der Waals surface area contributed by atoms with E-state index in [2.05, 4.69) is 9.97 Å². The van der Waals surface area contributed by atoms with Crippen molar-refractivity contribution in [3.8, 4) is 0 Å². The van der Waals surface area contributed by atoms with E-state index in [1.165, 1.54) is 0 Å². The number of rotatable bonds is 1. The number of ether oxygens (including phenoxy) is 1. The molecule has 2 saturated heterocycles. The summed E-state index contributed by atoms with van der Waals surface area (Å²) >= 11 is 0. The van der Waals surface area contributed by atoms with E-state index in [9.17, 15) is 22.4 Å². The predicted octanol–water partition coefficient (Wildman–Crippen LogP) is 3.86. The first-order valence-corrected chi connectivity index (χ1v) is 9.21. The SMILES string of the molecule is CC(C)(C)OC(=O)N1CCC2(CC1)CCN(c1cnc(F)c(C(F)(F)F)n1)C2. The Morgan fingerprint density at radius 1 is 1.14 bits per heavy atom. The third kappa shape index (κ3) is 4.47. The van der Waals surface area contributed by atoms with Crippen molar-refractivity contribution in [2.45, 2.75) is 51.8 Å². The highest BCUT2D eigenvalue weighted by Gasteiger charge is 2.43. The molecule has 1 aromatic rings. The average molecular weight is 404 g/mol. The van der Waals surface area contributed by atoms with Crippen LogP contribution in [0.5, 0.6) is 0 Å². The summed E-state index contributed by atoms with van der Waals surface area (Å²) in [6, 6.07) is 0. The van der Waals surface area contributed by atoms with Gasteiger partial charge >= 0.3 is 12.3 Å². The Morgan fingerprint density at radius 2 is 1.75 bits per heavy atom. The summed E-state index contributed by atoms with van der Waals surface area (Å²) < 4.78 is 57.4. The van der Waals surface area contributed by atoms with E-state index in [1.807, 2.05) is 20.8 Å². The molecule has 10 heteroatoms. The molecule has 3 rings (SSSR count). The fraction of sp³-hybridized carbons (Fsp3) is 0.722. The smallest absolute Gasteiger partial charge is 0.438 e. The summed E-state index contributed by atoms with van der Waals surface area (Å²) in [7, 11) is 0. The molecular formula is C18H24F4N4O2. The summed E-state index contributed by atoms with van der Waals surface area (Å²) in [5.74, 6) is -1.59. The number of likely N-dealkylation sites (tertiary alicyclic amines) is 1. The lowest BCUT2D eigenvalue weighted by molar-refractivity contribution is -0.144. The van der Waals surface area contributed by atoms with Gasteiger partial charge in [-0.2, -0.15) is 17.6 Å². The number of hydrogen-bond donors (Lipinski definition) is 0. The number of piperidine rings is 1. The topological polar surface area (TPSA) is 58.6 Å². The van der Waals surface area contributed by atoms with Crippen molar-refractivity contribution in [1.29, 1.82) is 0 Å². The number of halogens is 4. The number of alkyl halides is 3. The highest BCUT2D eigenvalue weighted by atomic mass is 19.4. The maximum atomic E-state index is 13.4. The van der Waals surface area contributed by atoms with Gasteiger partial charge in [-0.25, -0.2) is 14.8 Å². The van der Waals surface area contributed by atoms with Crippen LogP contribution in [-0.4, -0.2) is 52.7 Å². The van der Waals surface area contributed by atoms with Crippen LogP contribution in [0, 0.1) is 11.4 Å². The van der Waals surface area contributed by atoms with Gasteiger partial charge in [0.05, 0.1) is 6.20 Å². The second kappa shape index (κ2) is 7.04. The molecule has 0 bridgehead atoms. The quantitative estimate of drug-likeness (QED) is 0.666. The molecule has 2 aliphatic rings. The Morgan fingerprint density at radius 3 is 2.32 bits per heavy atom. The fourth-order valence-electron chi connectivity index (χ4n) is 3.73. The van der Waals surface area contributed by atoms with Crippen LogP contribution in [0.2, 0.25) is 0 Å². The standard InChI is InChI=1S/C18H24F4N4O2/c1-16(2,3)28-15(27)25-7-4-17(5-8-25)6-9-26(11-17)12-10-23-14(19)13(24-12)18(20,21)22/h10H,4-9,11H2,1-3H3. The third-order valence-corrected chi connectivity index (χ3v) is 5.22. The molecule has 0 atom stereocenters. The van der Waals surface area contributed by atoms with Gasteiger partial charge in [-0.1, -0.05) is 0 Å². The lowest BCUT2D eigenvalue weighted by Gasteiger charge is -2.39. The molecule has 1 spiro atoms. The fourth-order valence-corrected chi connectivity index (χ4v) is 3.73. The Labute approximate surface area is 160 Å². The van der Waals surface area contributed by atoms with Gasteiger partial charge in [0.1, 0.15) is 11.4 Å². The van der Waals surface area contributed by atoms with Crippen LogP contribution in [-0.2, 0) is 10.9 Å². The minimum absolute atomic E-state index is 0.0279. The lowest BCUT2D eigenvalue weighted by atomic mass is 9.78. The van der Waals surface area contributed by atoms with Crippen molar-refractivity contribution in [3.05, 3.63) is 17.8 Å². The van der Waals surface area contributed by atoms with Crippen molar-refractivity contribution in [1.82, 2.24) is 14.9 Å². The van der Waals surface area contributed by atoms with Crippen LogP contribution in [0.3, 0.4) is 0 Å². The highest BCUT2D eigenvalue weighted by molar-refractivity contribution is 5.68. The molecule has 0 radical (unpaired) electrons. The van der Waals surface area contributed by atoms with Crippen LogP contribution in [0.25, 0.3) is 0 Å². The first kappa shape index (κ1) is 20.6. The Kier molecular flexibility index (Phi) is 5.18. The molecule has 1 aromatic heterocycles. The largest absolute Gasteiger partial charge is 0.444 e. The van der Waals surface area contributed by atoms with Gasteiger partial charge in [0, 0.05) is 26.2 Å². The zero-order valence-electron chi connectivity index (χ0n) is 16.1. The Hall–Kier alpha value is -2.13. The number of carbonyl (C=O) groups is 1. The second-order valence-corrected chi connectivity index (χ2v) is 8.50. The van der Waals surface area contributed by atoms with Crippen molar-refractivity contribution >= 4 is 11.9 Å². The molecule has 0 saturated carbocycles. The summed E-state index contributed by atoms with van der Waals surface area (Å²) in [5.41, 5.74) is -2.26. The summed E-state index contributed by atoms with van der Waals surface area (Å²) in [6.07, 6.45) is -1.97. The zero-order valence-corrected chi connectivity index (χ0v) is 16.1. The molecular weight excluding hydrogens is 380 g/mol. The van der Waals surface area contributed by atoms with Gasteiger partial charge in [0.2, 0.25) is 11.6 Å². The number of anilines is 1. The van der Waals surface area contributed by atoms with Crippen LogP contribution in [0.15, 0.2) is 6.20 Å². The van der Waals surface area contributed by atoms with E-state index in [0.29, 0.717) is 26.2 Å². The van der Waals surface area contributed by atoms with E-state index < -0.39 is 23.4 Å². The van der Waals surface area contributed by atoms with Crippen molar-refractivity contribution in [2.24, 2.45) is 5.41 Å². The van der Waals surface area contributed by atoms with E-state index in [4.69, 9.17) is 4.74 Å². The zero-order chi connectivity index (χ0) is 20.7. The third-order valence-electron chi connectivity index (χ3n) is 5.22. The first-order valence-electron chi connectivity index (χ1n) is 9.21. The minimum atomic E-state index is -4.89. The summed E-state index contributed by atoms with van der Waals surface area (Å²) in [6.45, 7) is 7.52. The molecule has 0 unspecified atom stereocenters. The molecule has 1 amide bonds. The number of carbonyl (C=O) groups excluding carboxylic acids is 1. The van der Waals surface area contributed by atoms with E-state index in [0.717, 1.165) is 25.5 Å².